The number of aromatic nitrogens is 4. The van der Waals surface area contributed by atoms with Crippen LogP contribution in [0.5, 0.6) is 0 Å². The smallest absolute Gasteiger partial charge is 0.247 e. The van der Waals surface area contributed by atoms with Crippen LogP contribution in [0.1, 0.15) is 35.5 Å². The molecule has 0 aliphatic heterocycles. The van der Waals surface area contributed by atoms with E-state index in [1.807, 2.05) is 41.3 Å². The lowest BCUT2D eigenvalue weighted by Gasteiger charge is -2.14. The molecule has 162 valence electrons. The van der Waals surface area contributed by atoms with Crippen LogP contribution in [-0.2, 0) is 28.9 Å². The Kier molecular flexibility index (Phi) is 7.92. The Bertz CT molecular complexity index is 1050. The van der Waals surface area contributed by atoms with Gasteiger partial charge in [0, 0.05) is 31.6 Å². The van der Waals surface area contributed by atoms with Crippen LogP contribution in [0, 0.1) is 0 Å². The van der Waals surface area contributed by atoms with Crippen molar-refractivity contribution in [2.24, 2.45) is 0 Å². The van der Waals surface area contributed by atoms with Gasteiger partial charge in [-0.1, -0.05) is 37.2 Å². The molecule has 0 fully saturated rings. The SMILES string of the molecule is C=CC(=O)Nc1cccc(C(C)Cc2nc(Cc3cnn(CCOC)c3)ncc2Cl)c1. The molecule has 2 aromatic heterocycles. The highest BCUT2D eigenvalue weighted by molar-refractivity contribution is 6.31. The van der Waals surface area contributed by atoms with E-state index in [2.05, 4.69) is 28.9 Å². The second-order valence-electron chi connectivity index (χ2n) is 7.29. The number of anilines is 1. The molecule has 1 amide bonds. The van der Waals surface area contributed by atoms with E-state index in [0.717, 1.165) is 22.5 Å². The van der Waals surface area contributed by atoms with Crippen LogP contribution in [0.3, 0.4) is 0 Å². The van der Waals surface area contributed by atoms with Crippen LogP contribution in [0.25, 0.3) is 0 Å². The Morgan fingerprint density at radius 2 is 2.23 bits per heavy atom. The first kappa shape index (κ1) is 22.7. The van der Waals surface area contributed by atoms with Gasteiger partial charge in [-0.2, -0.15) is 5.10 Å². The van der Waals surface area contributed by atoms with Crippen molar-refractivity contribution in [1.82, 2.24) is 19.7 Å². The van der Waals surface area contributed by atoms with Gasteiger partial charge in [-0.25, -0.2) is 9.97 Å². The van der Waals surface area contributed by atoms with E-state index < -0.39 is 0 Å². The number of nitrogens with zero attached hydrogens (tertiary/aromatic N) is 4. The summed E-state index contributed by atoms with van der Waals surface area (Å²) in [6, 6.07) is 7.74. The number of halogens is 1. The highest BCUT2D eigenvalue weighted by Crippen LogP contribution is 2.25. The molecule has 0 aliphatic carbocycles. The second kappa shape index (κ2) is 10.8. The number of ether oxygens (including phenoxy) is 1. The van der Waals surface area contributed by atoms with Gasteiger partial charge in [0.1, 0.15) is 5.82 Å². The Morgan fingerprint density at radius 3 is 3.00 bits per heavy atom. The molecule has 0 aliphatic rings. The third-order valence-electron chi connectivity index (χ3n) is 4.85. The summed E-state index contributed by atoms with van der Waals surface area (Å²) in [5.41, 5.74) is 3.64. The van der Waals surface area contributed by atoms with Crippen LogP contribution in [0.15, 0.2) is 55.5 Å². The van der Waals surface area contributed by atoms with Crippen LogP contribution in [0.4, 0.5) is 5.69 Å². The maximum absolute atomic E-state index is 11.6. The molecule has 3 rings (SSSR count). The van der Waals surface area contributed by atoms with E-state index in [4.69, 9.17) is 21.3 Å². The molecule has 7 nitrogen and oxygen atoms in total. The number of nitrogens with one attached hydrogen (secondary N) is 1. The van der Waals surface area contributed by atoms with Crippen LogP contribution >= 0.6 is 11.6 Å². The number of amides is 1. The molecule has 0 spiro atoms. The molecule has 1 atom stereocenters. The molecule has 0 radical (unpaired) electrons. The van der Waals surface area contributed by atoms with E-state index in [1.54, 1.807) is 13.3 Å². The topological polar surface area (TPSA) is 81.9 Å². The summed E-state index contributed by atoms with van der Waals surface area (Å²) >= 11 is 6.39. The normalized spacial score (nSPS) is 11.8. The summed E-state index contributed by atoms with van der Waals surface area (Å²) in [6.45, 7) is 6.90. The Morgan fingerprint density at radius 1 is 1.39 bits per heavy atom. The average molecular weight is 440 g/mol. The molecular formula is C23H26ClN5O2. The van der Waals surface area contributed by atoms with Crippen molar-refractivity contribution in [3.8, 4) is 0 Å². The van der Waals surface area contributed by atoms with E-state index in [9.17, 15) is 4.79 Å². The van der Waals surface area contributed by atoms with E-state index in [1.165, 1.54) is 6.08 Å². The number of hydrogen-bond acceptors (Lipinski definition) is 5. The minimum absolute atomic E-state index is 0.151. The zero-order valence-electron chi connectivity index (χ0n) is 17.7. The van der Waals surface area contributed by atoms with Gasteiger partial charge >= 0.3 is 0 Å². The molecule has 3 aromatic rings. The fraction of sp³-hybridized carbons (Fsp3) is 0.304. The Labute approximate surface area is 187 Å². The predicted molar refractivity (Wildman–Crippen MR) is 121 cm³/mol. The molecule has 2 heterocycles. The highest BCUT2D eigenvalue weighted by atomic mass is 35.5. The third kappa shape index (κ3) is 6.47. The zero-order chi connectivity index (χ0) is 22.2. The number of carbonyl (C=O) groups excluding carboxylic acids is 1. The average Bonchev–Trinajstić information content (AvgIpc) is 3.21. The van der Waals surface area contributed by atoms with E-state index >= 15 is 0 Å². The third-order valence-corrected chi connectivity index (χ3v) is 5.16. The molecule has 1 aromatic carbocycles. The van der Waals surface area contributed by atoms with Gasteiger partial charge in [0.2, 0.25) is 5.91 Å². The van der Waals surface area contributed by atoms with Gasteiger partial charge in [-0.15, -0.1) is 0 Å². The summed E-state index contributed by atoms with van der Waals surface area (Å²) in [5.74, 6) is 0.612. The lowest BCUT2D eigenvalue weighted by atomic mass is 9.95. The standard InChI is InChI=1S/C23H26ClN5O2/c1-4-23(30)27-19-7-5-6-18(12-19)16(2)10-21-20(24)14-25-22(28-21)11-17-13-26-29(15-17)8-9-31-3/h4-7,12-16H,1,8-11H2,2-3H3,(H,27,30). The van der Waals surface area contributed by atoms with Gasteiger partial charge in [0.05, 0.1) is 30.1 Å². The van der Waals surface area contributed by atoms with Gasteiger partial charge in [0.25, 0.3) is 0 Å². The zero-order valence-corrected chi connectivity index (χ0v) is 18.5. The van der Waals surface area contributed by atoms with Crippen molar-refractivity contribution in [2.75, 3.05) is 19.0 Å². The fourth-order valence-corrected chi connectivity index (χ4v) is 3.35. The summed E-state index contributed by atoms with van der Waals surface area (Å²) in [5, 5.41) is 7.66. The number of methoxy groups -OCH3 is 1. The minimum atomic E-state index is -0.237. The number of benzene rings is 1. The van der Waals surface area contributed by atoms with Crippen molar-refractivity contribution in [3.05, 3.63) is 83.2 Å². The van der Waals surface area contributed by atoms with Gasteiger partial charge in [-0.05, 0) is 41.7 Å². The van der Waals surface area contributed by atoms with E-state index in [-0.39, 0.29) is 11.8 Å². The quantitative estimate of drug-likeness (QED) is 0.482. The summed E-state index contributed by atoms with van der Waals surface area (Å²) in [4.78, 5) is 20.6. The number of hydrogen-bond donors (Lipinski definition) is 1. The lowest BCUT2D eigenvalue weighted by Crippen LogP contribution is -2.09. The van der Waals surface area contributed by atoms with Crippen molar-refractivity contribution in [2.45, 2.75) is 32.2 Å². The first-order chi connectivity index (χ1) is 15.0. The van der Waals surface area contributed by atoms with Crippen LogP contribution < -0.4 is 5.32 Å². The van der Waals surface area contributed by atoms with Crippen LogP contribution in [0.2, 0.25) is 5.02 Å². The van der Waals surface area contributed by atoms with Crippen molar-refractivity contribution >= 4 is 23.2 Å². The Balaban J connectivity index is 1.70. The highest BCUT2D eigenvalue weighted by Gasteiger charge is 2.14. The molecule has 1 N–H and O–H groups in total. The van der Waals surface area contributed by atoms with Gasteiger partial charge in [-0.3, -0.25) is 9.48 Å². The minimum Gasteiger partial charge on any atom is -0.383 e. The summed E-state index contributed by atoms with van der Waals surface area (Å²) in [6.07, 6.45) is 7.93. The Hall–Kier alpha value is -3.03. The largest absolute Gasteiger partial charge is 0.383 e. The maximum atomic E-state index is 11.6. The molecule has 1 unspecified atom stereocenters. The van der Waals surface area contributed by atoms with Crippen molar-refractivity contribution in [3.63, 3.8) is 0 Å². The second-order valence-corrected chi connectivity index (χ2v) is 7.69. The fourth-order valence-electron chi connectivity index (χ4n) is 3.18. The molecule has 31 heavy (non-hydrogen) atoms. The number of carbonyl (C=O) groups is 1. The molecule has 0 saturated carbocycles. The maximum Gasteiger partial charge on any atom is 0.247 e. The van der Waals surface area contributed by atoms with Crippen molar-refractivity contribution in [1.29, 1.82) is 0 Å². The molecular weight excluding hydrogens is 414 g/mol. The molecule has 0 saturated heterocycles. The predicted octanol–water partition coefficient (Wildman–Crippen LogP) is 4.03. The number of rotatable bonds is 10. The van der Waals surface area contributed by atoms with Crippen LogP contribution in [-0.4, -0.2) is 39.4 Å². The van der Waals surface area contributed by atoms with Gasteiger partial charge in [0.15, 0.2) is 0 Å². The lowest BCUT2D eigenvalue weighted by molar-refractivity contribution is -0.111. The monoisotopic (exact) mass is 439 g/mol. The van der Waals surface area contributed by atoms with Crippen molar-refractivity contribution < 1.29 is 9.53 Å². The van der Waals surface area contributed by atoms with Gasteiger partial charge < -0.3 is 10.1 Å². The molecule has 8 heteroatoms. The molecule has 0 bridgehead atoms. The summed E-state index contributed by atoms with van der Waals surface area (Å²) < 4.78 is 6.93. The first-order valence-electron chi connectivity index (χ1n) is 10.0. The first-order valence-corrected chi connectivity index (χ1v) is 10.4. The van der Waals surface area contributed by atoms with E-state index in [0.29, 0.717) is 36.8 Å². The summed E-state index contributed by atoms with van der Waals surface area (Å²) in [7, 11) is 1.67.